The molecule has 0 amide bonds. The highest BCUT2D eigenvalue weighted by atomic mass is 16.4. The van der Waals surface area contributed by atoms with Gasteiger partial charge in [-0.15, -0.1) is 0 Å². The van der Waals surface area contributed by atoms with Crippen LogP contribution in [0.5, 0.6) is 5.75 Å². The molecule has 0 atom stereocenters. The first-order valence-electron chi connectivity index (χ1n) is 5.04. The maximum absolute atomic E-state index is 10.2. The molecule has 2 aromatic rings. The van der Waals surface area contributed by atoms with Crippen molar-refractivity contribution in [3.05, 3.63) is 54.1 Å². The smallest absolute Gasteiger partial charge is 0.358 e. The van der Waals surface area contributed by atoms with Crippen LogP contribution in [0.2, 0.25) is 0 Å². The van der Waals surface area contributed by atoms with Crippen LogP contribution in [0.25, 0.3) is 0 Å². The van der Waals surface area contributed by atoms with Gasteiger partial charge in [-0.2, -0.15) is 0 Å². The fraction of sp³-hybridized carbons (Fsp3) is 0. The number of carboxylic acid groups (broad SMARTS) is 2. The minimum Gasteiger partial charge on any atom is -0.505 e. The molecule has 0 aliphatic heterocycles. The minimum atomic E-state index is -1.22. The molecule has 0 spiro atoms. The van der Waals surface area contributed by atoms with E-state index in [1.165, 1.54) is 30.6 Å². The third kappa shape index (κ3) is 4.43. The van der Waals surface area contributed by atoms with Crippen molar-refractivity contribution in [2.45, 2.75) is 0 Å². The van der Waals surface area contributed by atoms with E-state index in [9.17, 15) is 9.59 Å². The zero-order valence-corrected chi connectivity index (χ0v) is 9.59. The normalized spacial score (nSPS) is 9.05. The SMILES string of the molecule is O=C(O)c1ccccn1.O=C(O)c1ncccc1O. The third-order valence-corrected chi connectivity index (χ3v) is 1.87. The summed E-state index contributed by atoms with van der Waals surface area (Å²) in [6.07, 6.45) is 2.76. The molecule has 0 aliphatic rings. The number of rotatable bonds is 2. The zero-order chi connectivity index (χ0) is 14.3. The summed E-state index contributed by atoms with van der Waals surface area (Å²) in [4.78, 5) is 27.3. The van der Waals surface area contributed by atoms with Gasteiger partial charge in [-0.1, -0.05) is 6.07 Å². The van der Waals surface area contributed by atoms with Gasteiger partial charge in [-0.3, -0.25) is 0 Å². The zero-order valence-electron chi connectivity index (χ0n) is 9.59. The lowest BCUT2D eigenvalue weighted by Crippen LogP contribution is -1.99. The predicted molar refractivity (Wildman–Crippen MR) is 64.1 cm³/mol. The summed E-state index contributed by atoms with van der Waals surface area (Å²) in [5.74, 6) is -2.52. The number of hydrogen-bond donors (Lipinski definition) is 3. The Kier molecular flexibility index (Phi) is 4.97. The molecule has 2 heterocycles. The van der Waals surface area contributed by atoms with Crippen LogP contribution in [0, 0.1) is 0 Å². The first-order valence-corrected chi connectivity index (χ1v) is 5.04. The second-order valence-corrected chi connectivity index (χ2v) is 3.20. The fourth-order valence-electron chi connectivity index (χ4n) is 1.05. The van der Waals surface area contributed by atoms with Gasteiger partial charge >= 0.3 is 11.9 Å². The summed E-state index contributed by atoms with van der Waals surface area (Å²) in [7, 11) is 0. The van der Waals surface area contributed by atoms with Crippen LogP contribution in [-0.4, -0.2) is 37.2 Å². The molecule has 98 valence electrons. The van der Waals surface area contributed by atoms with Crippen molar-refractivity contribution in [3.63, 3.8) is 0 Å². The highest BCUT2D eigenvalue weighted by Gasteiger charge is 2.08. The molecule has 2 aromatic heterocycles. The Morgan fingerprint density at radius 1 is 0.895 bits per heavy atom. The summed E-state index contributed by atoms with van der Waals surface area (Å²) < 4.78 is 0. The number of carboxylic acids is 2. The standard InChI is InChI=1S/C6H5NO3.C6H5NO2/c8-4-2-1-3-7-5(4)6(9)10;8-6(9)5-3-1-2-4-7-5/h1-3,8H,(H,9,10);1-4H,(H,8,9). The number of pyridine rings is 2. The Hall–Kier alpha value is -2.96. The molecular formula is C12H10N2O5. The fourth-order valence-corrected chi connectivity index (χ4v) is 1.05. The van der Waals surface area contributed by atoms with Crippen LogP contribution >= 0.6 is 0 Å². The van der Waals surface area contributed by atoms with Crippen LogP contribution in [0.4, 0.5) is 0 Å². The first-order chi connectivity index (χ1) is 9.02. The minimum absolute atomic E-state index is 0.0810. The van der Waals surface area contributed by atoms with Crippen molar-refractivity contribution >= 4 is 11.9 Å². The molecule has 7 heteroatoms. The molecule has 2 rings (SSSR count). The van der Waals surface area contributed by atoms with Gasteiger partial charge in [-0.25, -0.2) is 19.6 Å². The van der Waals surface area contributed by atoms with E-state index in [0.29, 0.717) is 0 Å². The average Bonchev–Trinajstić information content (AvgIpc) is 2.40. The molecule has 7 nitrogen and oxygen atoms in total. The summed E-state index contributed by atoms with van der Waals surface area (Å²) in [5.41, 5.74) is -0.236. The third-order valence-electron chi connectivity index (χ3n) is 1.87. The number of nitrogens with zero attached hydrogens (tertiary/aromatic N) is 2. The lowest BCUT2D eigenvalue weighted by atomic mass is 10.3. The van der Waals surface area contributed by atoms with Gasteiger partial charge in [-0.05, 0) is 24.3 Å². The van der Waals surface area contributed by atoms with Gasteiger partial charge in [0.15, 0.2) is 5.69 Å². The Labute approximate surface area is 107 Å². The van der Waals surface area contributed by atoms with Crippen LogP contribution in [0.15, 0.2) is 42.7 Å². The van der Waals surface area contributed by atoms with E-state index >= 15 is 0 Å². The van der Waals surface area contributed by atoms with Crippen LogP contribution < -0.4 is 0 Å². The summed E-state index contributed by atoms with van der Waals surface area (Å²) in [5, 5.41) is 25.5. The largest absolute Gasteiger partial charge is 0.505 e. The number of aromatic carboxylic acids is 2. The van der Waals surface area contributed by atoms with E-state index in [1.54, 1.807) is 12.1 Å². The predicted octanol–water partition coefficient (Wildman–Crippen LogP) is 1.27. The molecule has 19 heavy (non-hydrogen) atoms. The van der Waals surface area contributed by atoms with E-state index in [1.807, 2.05) is 0 Å². The van der Waals surface area contributed by atoms with E-state index in [4.69, 9.17) is 15.3 Å². The Morgan fingerprint density at radius 2 is 1.58 bits per heavy atom. The maximum atomic E-state index is 10.2. The van der Waals surface area contributed by atoms with E-state index in [0.717, 1.165) is 0 Å². The monoisotopic (exact) mass is 262 g/mol. The molecule has 0 aliphatic carbocycles. The molecular weight excluding hydrogens is 252 g/mol. The van der Waals surface area contributed by atoms with Crippen molar-refractivity contribution < 1.29 is 24.9 Å². The lowest BCUT2D eigenvalue weighted by Gasteiger charge is -1.93. The van der Waals surface area contributed by atoms with E-state index in [2.05, 4.69) is 9.97 Å². The molecule has 0 radical (unpaired) electrons. The number of aromatic hydroxyl groups is 1. The van der Waals surface area contributed by atoms with E-state index in [-0.39, 0.29) is 17.1 Å². The van der Waals surface area contributed by atoms with Crippen molar-refractivity contribution in [1.29, 1.82) is 0 Å². The topological polar surface area (TPSA) is 121 Å². The summed E-state index contributed by atoms with van der Waals surface area (Å²) in [6, 6.07) is 7.49. The highest BCUT2D eigenvalue weighted by molar-refractivity contribution is 5.88. The molecule has 0 fully saturated rings. The van der Waals surface area contributed by atoms with E-state index < -0.39 is 11.9 Å². The molecule has 0 unspecified atom stereocenters. The second-order valence-electron chi connectivity index (χ2n) is 3.20. The number of carbonyl (C=O) groups is 2. The number of aromatic nitrogens is 2. The molecule has 0 bridgehead atoms. The maximum Gasteiger partial charge on any atom is 0.358 e. The van der Waals surface area contributed by atoms with Gasteiger partial charge in [0, 0.05) is 12.4 Å². The Balaban J connectivity index is 0.000000191. The van der Waals surface area contributed by atoms with Gasteiger partial charge in [0.25, 0.3) is 0 Å². The van der Waals surface area contributed by atoms with Crippen molar-refractivity contribution in [3.8, 4) is 5.75 Å². The van der Waals surface area contributed by atoms with Gasteiger partial charge < -0.3 is 15.3 Å². The van der Waals surface area contributed by atoms with Gasteiger partial charge in [0.1, 0.15) is 11.4 Å². The van der Waals surface area contributed by atoms with Crippen molar-refractivity contribution in [2.24, 2.45) is 0 Å². The Morgan fingerprint density at radius 3 is 1.95 bits per heavy atom. The Bertz CT molecular complexity index is 571. The molecule has 0 saturated carbocycles. The second kappa shape index (κ2) is 6.70. The van der Waals surface area contributed by atoms with Crippen LogP contribution in [0.3, 0.4) is 0 Å². The average molecular weight is 262 g/mol. The highest BCUT2D eigenvalue weighted by Crippen LogP contribution is 2.11. The summed E-state index contributed by atoms with van der Waals surface area (Å²) in [6.45, 7) is 0. The first kappa shape index (κ1) is 14.1. The lowest BCUT2D eigenvalue weighted by molar-refractivity contribution is 0.0677. The van der Waals surface area contributed by atoms with Crippen molar-refractivity contribution in [2.75, 3.05) is 0 Å². The van der Waals surface area contributed by atoms with Crippen molar-refractivity contribution in [1.82, 2.24) is 9.97 Å². The number of hydrogen-bond acceptors (Lipinski definition) is 5. The van der Waals surface area contributed by atoms with Gasteiger partial charge in [0.2, 0.25) is 0 Å². The quantitative estimate of drug-likeness (QED) is 0.744. The van der Waals surface area contributed by atoms with Gasteiger partial charge in [0.05, 0.1) is 0 Å². The molecule has 0 saturated heterocycles. The molecule has 3 N–H and O–H groups in total. The summed E-state index contributed by atoms with van der Waals surface area (Å²) >= 11 is 0. The molecule has 0 aromatic carbocycles. The van der Waals surface area contributed by atoms with Crippen LogP contribution in [-0.2, 0) is 0 Å². The van der Waals surface area contributed by atoms with Crippen LogP contribution in [0.1, 0.15) is 21.0 Å².